The highest BCUT2D eigenvalue weighted by Gasteiger charge is 2.51. The second-order valence-electron chi connectivity index (χ2n) is 9.68. The number of hydrogen-bond donors (Lipinski definition) is 2. The van der Waals surface area contributed by atoms with E-state index in [1.807, 2.05) is 12.1 Å². The molecular weight excluding hydrogens is 396 g/mol. The highest BCUT2D eigenvalue weighted by atomic mass is 32.2. The monoisotopic (exact) mass is 424 g/mol. The van der Waals surface area contributed by atoms with E-state index in [1.165, 1.54) is 44.1 Å². The van der Waals surface area contributed by atoms with Crippen molar-refractivity contribution in [1.82, 2.24) is 0 Å². The zero-order valence-corrected chi connectivity index (χ0v) is 18.0. The number of carbonyl (C=O) groups excluding carboxylic acids is 1. The summed E-state index contributed by atoms with van der Waals surface area (Å²) in [4.78, 5) is 12.6. The SMILES string of the molecule is CS(=O)(=O)Nc1ccc(C(=O)Nc2ccc(C34CC5CC(CC(C5)C3)C4)cc2)cc1. The molecule has 0 aliphatic heterocycles. The van der Waals surface area contributed by atoms with E-state index >= 15 is 0 Å². The van der Waals surface area contributed by atoms with Crippen molar-refractivity contribution in [1.29, 1.82) is 0 Å². The van der Waals surface area contributed by atoms with Crippen LogP contribution in [-0.4, -0.2) is 20.6 Å². The van der Waals surface area contributed by atoms with E-state index < -0.39 is 10.0 Å². The van der Waals surface area contributed by atoms with Crippen LogP contribution >= 0.6 is 0 Å². The molecule has 0 atom stereocenters. The van der Waals surface area contributed by atoms with Gasteiger partial charge in [-0.1, -0.05) is 12.1 Å². The van der Waals surface area contributed by atoms with Gasteiger partial charge in [-0.3, -0.25) is 9.52 Å². The fourth-order valence-corrected chi connectivity index (χ4v) is 7.04. The summed E-state index contributed by atoms with van der Waals surface area (Å²) >= 11 is 0. The average molecular weight is 425 g/mol. The fourth-order valence-electron chi connectivity index (χ4n) is 6.48. The van der Waals surface area contributed by atoms with Gasteiger partial charge in [0.2, 0.25) is 10.0 Å². The standard InChI is InChI=1S/C24H28N2O3S/c1-30(28,29)26-22-6-2-19(3-7-22)23(27)25-21-8-4-20(5-9-21)24-13-16-10-17(14-24)12-18(11-16)15-24/h2-9,16-18,26H,10-15H2,1H3,(H,25,27). The van der Waals surface area contributed by atoms with Crippen molar-refractivity contribution in [3.05, 3.63) is 59.7 Å². The maximum absolute atomic E-state index is 12.6. The minimum atomic E-state index is -3.33. The van der Waals surface area contributed by atoms with E-state index in [0.717, 1.165) is 29.7 Å². The summed E-state index contributed by atoms with van der Waals surface area (Å²) in [5.74, 6) is 2.53. The average Bonchev–Trinajstić information content (AvgIpc) is 2.67. The van der Waals surface area contributed by atoms with Gasteiger partial charge in [-0.05, 0) is 104 Å². The van der Waals surface area contributed by atoms with Gasteiger partial charge < -0.3 is 5.32 Å². The Morgan fingerprint density at radius 1 is 0.833 bits per heavy atom. The van der Waals surface area contributed by atoms with Crippen molar-refractivity contribution in [2.45, 2.75) is 43.9 Å². The largest absolute Gasteiger partial charge is 0.322 e. The third-order valence-corrected chi connectivity index (χ3v) is 7.85. The Bertz CT molecular complexity index is 1020. The number of nitrogens with one attached hydrogen (secondary N) is 2. The van der Waals surface area contributed by atoms with Crippen molar-refractivity contribution in [3.8, 4) is 0 Å². The van der Waals surface area contributed by atoms with Crippen molar-refractivity contribution >= 4 is 27.3 Å². The number of hydrogen-bond acceptors (Lipinski definition) is 3. The Morgan fingerprint density at radius 2 is 1.33 bits per heavy atom. The van der Waals surface area contributed by atoms with E-state index in [-0.39, 0.29) is 5.91 Å². The summed E-state index contributed by atoms with van der Waals surface area (Å²) < 4.78 is 25.0. The summed E-state index contributed by atoms with van der Waals surface area (Å²) in [5.41, 5.74) is 3.51. The molecule has 2 aromatic rings. The maximum Gasteiger partial charge on any atom is 0.255 e. The molecule has 30 heavy (non-hydrogen) atoms. The highest BCUT2D eigenvalue weighted by Crippen LogP contribution is 2.60. The van der Waals surface area contributed by atoms with Gasteiger partial charge in [-0.2, -0.15) is 0 Å². The predicted molar refractivity (Wildman–Crippen MR) is 119 cm³/mol. The van der Waals surface area contributed by atoms with Gasteiger partial charge in [0.1, 0.15) is 0 Å². The molecule has 5 nitrogen and oxygen atoms in total. The van der Waals surface area contributed by atoms with Crippen molar-refractivity contribution < 1.29 is 13.2 Å². The van der Waals surface area contributed by atoms with E-state index in [9.17, 15) is 13.2 Å². The molecule has 0 unspecified atom stereocenters. The van der Waals surface area contributed by atoms with Crippen LogP contribution in [0.25, 0.3) is 0 Å². The lowest BCUT2D eigenvalue weighted by atomic mass is 9.48. The fraction of sp³-hybridized carbons (Fsp3) is 0.458. The van der Waals surface area contributed by atoms with Crippen LogP contribution in [0.2, 0.25) is 0 Å². The zero-order valence-electron chi connectivity index (χ0n) is 17.2. The van der Waals surface area contributed by atoms with Gasteiger partial charge in [-0.25, -0.2) is 8.42 Å². The molecule has 0 spiro atoms. The van der Waals surface area contributed by atoms with Gasteiger partial charge >= 0.3 is 0 Å². The molecule has 4 bridgehead atoms. The molecule has 0 saturated heterocycles. The lowest BCUT2D eigenvalue weighted by Gasteiger charge is -2.57. The van der Waals surface area contributed by atoms with Gasteiger partial charge in [0, 0.05) is 16.9 Å². The maximum atomic E-state index is 12.6. The molecule has 2 aromatic carbocycles. The van der Waals surface area contributed by atoms with Crippen LogP contribution in [0, 0.1) is 17.8 Å². The van der Waals surface area contributed by atoms with Crippen LogP contribution in [0.15, 0.2) is 48.5 Å². The van der Waals surface area contributed by atoms with Gasteiger partial charge in [0.15, 0.2) is 0 Å². The van der Waals surface area contributed by atoms with Gasteiger partial charge in [0.25, 0.3) is 5.91 Å². The molecule has 4 aliphatic carbocycles. The molecule has 2 N–H and O–H groups in total. The Morgan fingerprint density at radius 3 is 1.83 bits per heavy atom. The first-order chi connectivity index (χ1) is 14.3. The molecule has 1 amide bonds. The van der Waals surface area contributed by atoms with Crippen LogP contribution in [0.1, 0.15) is 54.4 Å². The van der Waals surface area contributed by atoms with Gasteiger partial charge in [-0.15, -0.1) is 0 Å². The Balaban J connectivity index is 1.27. The molecular formula is C24H28N2O3S. The van der Waals surface area contributed by atoms with Gasteiger partial charge in [0.05, 0.1) is 6.26 Å². The quantitative estimate of drug-likeness (QED) is 0.725. The lowest BCUT2D eigenvalue weighted by molar-refractivity contribution is -0.00518. The third-order valence-electron chi connectivity index (χ3n) is 7.24. The van der Waals surface area contributed by atoms with Crippen LogP contribution < -0.4 is 10.0 Å². The van der Waals surface area contributed by atoms with Crippen molar-refractivity contribution in [2.24, 2.45) is 17.8 Å². The second-order valence-corrected chi connectivity index (χ2v) is 11.4. The highest BCUT2D eigenvalue weighted by molar-refractivity contribution is 7.92. The number of sulfonamides is 1. The summed E-state index contributed by atoms with van der Waals surface area (Å²) in [6, 6.07) is 14.9. The minimum Gasteiger partial charge on any atom is -0.322 e. The predicted octanol–water partition coefficient (Wildman–Crippen LogP) is 4.78. The summed E-state index contributed by atoms with van der Waals surface area (Å²) in [7, 11) is -3.33. The topological polar surface area (TPSA) is 75.3 Å². The number of benzene rings is 2. The molecule has 158 valence electrons. The number of rotatable bonds is 5. The first kappa shape index (κ1) is 19.6. The van der Waals surface area contributed by atoms with E-state index in [4.69, 9.17) is 0 Å². The smallest absolute Gasteiger partial charge is 0.255 e. The van der Waals surface area contributed by atoms with Crippen LogP contribution in [-0.2, 0) is 15.4 Å². The summed E-state index contributed by atoms with van der Waals surface area (Å²) in [6.45, 7) is 0. The molecule has 6 rings (SSSR count). The van der Waals surface area contributed by atoms with E-state index in [1.54, 1.807) is 24.3 Å². The number of anilines is 2. The van der Waals surface area contributed by atoms with Crippen LogP contribution in [0.5, 0.6) is 0 Å². The molecule has 0 radical (unpaired) electrons. The molecule has 4 aliphatic rings. The minimum absolute atomic E-state index is 0.205. The number of carbonyl (C=O) groups is 1. The molecule has 6 heteroatoms. The zero-order chi connectivity index (χ0) is 20.9. The Kier molecular flexibility index (Phi) is 4.65. The Hall–Kier alpha value is -2.34. The van der Waals surface area contributed by atoms with E-state index in [2.05, 4.69) is 22.2 Å². The normalized spacial score (nSPS) is 29.6. The molecule has 0 heterocycles. The first-order valence-corrected chi connectivity index (χ1v) is 12.7. The van der Waals surface area contributed by atoms with Crippen LogP contribution in [0.3, 0.4) is 0 Å². The first-order valence-electron chi connectivity index (χ1n) is 10.8. The lowest BCUT2D eigenvalue weighted by Crippen LogP contribution is -2.48. The van der Waals surface area contributed by atoms with Crippen molar-refractivity contribution in [2.75, 3.05) is 16.3 Å². The number of amides is 1. The Labute approximate surface area is 178 Å². The molecule has 4 saturated carbocycles. The molecule has 0 aromatic heterocycles. The second kappa shape index (κ2) is 7.12. The van der Waals surface area contributed by atoms with Crippen LogP contribution in [0.4, 0.5) is 11.4 Å². The van der Waals surface area contributed by atoms with Crippen molar-refractivity contribution in [3.63, 3.8) is 0 Å². The summed E-state index contributed by atoms with van der Waals surface area (Å²) in [5, 5.41) is 2.95. The summed E-state index contributed by atoms with van der Waals surface area (Å²) in [6.07, 6.45) is 9.40. The molecule has 4 fully saturated rings. The third kappa shape index (κ3) is 3.85. The van der Waals surface area contributed by atoms with E-state index in [0.29, 0.717) is 16.7 Å².